The third-order valence-corrected chi connectivity index (χ3v) is 4.46. The fourth-order valence-electron chi connectivity index (χ4n) is 2.33. The fraction of sp³-hybridized carbons (Fsp3) is 0.333. The van der Waals surface area contributed by atoms with Crippen LogP contribution in [0.2, 0.25) is 0 Å². The quantitative estimate of drug-likeness (QED) is 0.799. The van der Waals surface area contributed by atoms with Crippen LogP contribution in [0.4, 0.5) is 0 Å². The SMILES string of the molecule is CCC(C)c1ccc(C(O)c2cc(Br)ccc2C)cc1. The van der Waals surface area contributed by atoms with Crippen LogP contribution in [0.15, 0.2) is 46.9 Å². The largest absolute Gasteiger partial charge is 0.384 e. The van der Waals surface area contributed by atoms with E-state index in [-0.39, 0.29) is 0 Å². The average Bonchev–Trinajstić information content (AvgIpc) is 2.48. The highest BCUT2D eigenvalue weighted by Gasteiger charge is 2.14. The first-order valence-corrected chi connectivity index (χ1v) is 7.86. The van der Waals surface area contributed by atoms with Crippen molar-refractivity contribution in [1.29, 1.82) is 0 Å². The molecule has 0 aliphatic carbocycles. The first-order valence-electron chi connectivity index (χ1n) is 7.07. The van der Waals surface area contributed by atoms with Crippen LogP contribution in [0.3, 0.4) is 0 Å². The lowest BCUT2D eigenvalue weighted by molar-refractivity contribution is 0.219. The fourth-order valence-corrected chi connectivity index (χ4v) is 2.71. The molecule has 20 heavy (non-hydrogen) atoms. The van der Waals surface area contributed by atoms with E-state index in [4.69, 9.17) is 0 Å². The highest BCUT2D eigenvalue weighted by molar-refractivity contribution is 9.10. The molecule has 1 nitrogen and oxygen atoms in total. The number of rotatable bonds is 4. The Kier molecular flexibility index (Phi) is 5.00. The lowest BCUT2D eigenvalue weighted by Gasteiger charge is -2.16. The van der Waals surface area contributed by atoms with Gasteiger partial charge >= 0.3 is 0 Å². The van der Waals surface area contributed by atoms with Gasteiger partial charge in [0.1, 0.15) is 6.10 Å². The normalized spacial score (nSPS) is 14.1. The Morgan fingerprint density at radius 2 is 1.65 bits per heavy atom. The molecule has 0 aromatic heterocycles. The van der Waals surface area contributed by atoms with Gasteiger partial charge in [-0.3, -0.25) is 0 Å². The molecule has 0 aliphatic rings. The number of aliphatic hydroxyl groups excluding tert-OH is 1. The van der Waals surface area contributed by atoms with Crippen molar-refractivity contribution in [2.45, 2.75) is 39.2 Å². The molecule has 0 radical (unpaired) electrons. The number of benzene rings is 2. The second-order valence-electron chi connectivity index (χ2n) is 5.38. The van der Waals surface area contributed by atoms with Crippen molar-refractivity contribution >= 4 is 15.9 Å². The molecule has 0 bridgehead atoms. The van der Waals surface area contributed by atoms with E-state index >= 15 is 0 Å². The van der Waals surface area contributed by atoms with E-state index in [1.807, 2.05) is 37.3 Å². The average molecular weight is 333 g/mol. The summed E-state index contributed by atoms with van der Waals surface area (Å²) in [6.07, 6.45) is 0.561. The zero-order valence-corrected chi connectivity index (χ0v) is 13.8. The maximum Gasteiger partial charge on any atom is 0.104 e. The number of halogens is 1. The maximum absolute atomic E-state index is 10.6. The number of hydrogen-bond donors (Lipinski definition) is 1. The van der Waals surface area contributed by atoms with E-state index in [1.165, 1.54) is 5.56 Å². The minimum Gasteiger partial charge on any atom is -0.384 e. The predicted molar refractivity (Wildman–Crippen MR) is 88.1 cm³/mol. The van der Waals surface area contributed by atoms with Crippen molar-refractivity contribution in [3.63, 3.8) is 0 Å². The molecule has 1 N–H and O–H groups in total. The summed E-state index contributed by atoms with van der Waals surface area (Å²) in [5.41, 5.74) is 4.33. The van der Waals surface area contributed by atoms with Crippen LogP contribution >= 0.6 is 15.9 Å². The van der Waals surface area contributed by atoms with Crippen LogP contribution in [0.5, 0.6) is 0 Å². The van der Waals surface area contributed by atoms with Gasteiger partial charge in [-0.2, -0.15) is 0 Å². The molecule has 0 amide bonds. The lowest BCUT2D eigenvalue weighted by Crippen LogP contribution is -2.02. The zero-order valence-electron chi connectivity index (χ0n) is 12.2. The highest BCUT2D eigenvalue weighted by atomic mass is 79.9. The van der Waals surface area contributed by atoms with Crippen LogP contribution in [0.25, 0.3) is 0 Å². The molecule has 106 valence electrons. The van der Waals surface area contributed by atoms with Gasteiger partial charge in [-0.05, 0) is 53.6 Å². The summed E-state index contributed by atoms with van der Waals surface area (Å²) in [6.45, 7) is 6.45. The summed E-state index contributed by atoms with van der Waals surface area (Å²) in [5.74, 6) is 0.564. The van der Waals surface area contributed by atoms with Gasteiger partial charge in [0.2, 0.25) is 0 Å². The Morgan fingerprint density at radius 1 is 1.05 bits per heavy atom. The van der Waals surface area contributed by atoms with Crippen LogP contribution in [0.1, 0.15) is 54.5 Å². The Balaban J connectivity index is 2.29. The summed E-state index contributed by atoms with van der Waals surface area (Å²) >= 11 is 3.47. The summed E-state index contributed by atoms with van der Waals surface area (Å²) in [4.78, 5) is 0. The van der Waals surface area contributed by atoms with Crippen molar-refractivity contribution < 1.29 is 5.11 Å². The molecular formula is C18H21BrO. The van der Waals surface area contributed by atoms with Gasteiger partial charge in [-0.25, -0.2) is 0 Å². The summed E-state index contributed by atoms with van der Waals surface area (Å²) < 4.78 is 0.994. The molecule has 0 heterocycles. The molecule has 0 aliphatic heterocycles. The Hall–Kier alpha value is -1.12. The smallest absolute Gasteiger partial charge is 0.104 e. The van der Waals surface area contributed by atoms with Crippen molar-refractivity contribution in [3.05, 3.63) is 69.2 Å². The third kappa shape index (κ3) is 3.31. The van der Waals surface area contributed by atoms with Gasteiger partial charge in [0.15, 0.2) is 0 Å². The number of aryl methyl sites for hydroxylation is 1. The second-order valence-corrected chi connectivity index (χ2v) is 6.30. The van der Waals surface area contributed by atoms with E-state index in [0.717, 1.165) is 27.6 Å². The lowest BCUT2D eigenvalue weighted by atomic mass is 9.93. The van der Waals surface area contributed by atoms with Gasteiger partial charge in [0.05, 0.1) is 0 Å². The first-order chi connectivity index (χ1) is 9.52. The van der Waals surface area contributed by atoms with E-state index in [1.54, 1.807) is 0 Å². The molecule has 2 aromatic carbocycles. The summed E-state index contributed by atoms with van der Waals surface area (Å²) in [6, 6.07) is 14.3. The van der Waals surface area contributed by atoms with E-state index < -0.39 is 6.10 Å². The van der Waals surface area contributed by atoms with Crippen molar-refractivity contribution in [1.82, 2.24) is 0 Å². The van der Waals surface area contributed by atoms with Crippen molar-refractivity contribution in [2.75, 3.05) is 0 Å². The van der Waals surface area contributed by atoms with E-state index in [0.29, 0.717) is 5.92 Å². The maximum atomic E-state index is 10.6. The predicted octanol–water partition coefficient (Wildman–Crippen LogP) is 5.35. The zero-order chi connectivity index (χ0) is 14.7. The molecule has 2 heteroatoms. The minimum absolute atomic E-state index is 0.564. The van der Waals surface area contributed by atoms with Gasteiger partial charge < -0.3 is 5.11 Å². The molecule has 2 atom stereocenters. The van der Waals surface area contributed by atoms with Crippen molar-refractivity contribution in [3.8, 4) is 0 Å². The topological polar surface area (TPSA) is 20.2 Å². The molecule has 2 aromatic rings. The van der Waals surface area contributed by atoms with Gasteiger partial charge in [-0.1, -0.05) is 60.1 Å². The molecule has 0 saturated carbocycles. The van der Waals surface area contributed by atoms with Gasteiger partial charge in [0, 0.05) is 4.47 Å². The molecule has 2 unspecified atom stereocenters. The molecule has 0 fully saturated rings. The van der Waals surface area contributed by atoms with E-state index in [9.17, 15) is 5.11 Å². The Morgan fingerprint density at radius 3 is 2.25 bits per heavy atom. The molecule has 2 rings (SSSR count). The van der Waals surface area contributed by atoms with Crippen molar-refractivity contribution in [2.24, 2.45) is 0 Å². The summed E-state index contributed by atoms with van der Waals surface area (Å²) in [5, 5.41) is 10.6. The molecule has 0 spiro atoms. The molecule has 0 saturated heterocycles. The standard InChI is InChI=1S/C18H21BrO/c1-4-12(2)14-6-8-15(9-7-14)18(20)17-11-16(19)10-5-13(17)3/h5-12,18,20H,4H2,1-3H3. The summed E-state index contributed by atoms with van der Waals surface area (Å²) in [7, 11) is 0. The number of aliphatic hydroxyl groups is 1. The van der Waals surface area contributed by atoms with Crippen LogP contribution in [-0.2, 0) is 0 Å². The van der Waals surface area contributed by atoms with Crippen LogP contribution in [-0.4, -0.2) is 5.11 Å². The minimum atomic E-state index is -0.571. The Bertz CT molecular complexity index is 574. The first kappa shape index (κ1) is 15.3. The molecular weight excluding hydrogens is 312 g/mol. The van der Waals surface area contributed by atoms with E-state index in [2.05, 4.69) is 41.9 Å². The van der Waals surface area contributed by atoms with Gasteiger partial charge in [-0.15, -0.1) is 0 Å². The number of hydrogen-bond acceptors (Lipinski definition) is 1. The van der Waals surface area contributed by atoms with Gasteiger partial charge in [0.25, 0.3) is 0 Å². The third-order valence-electron chi connectivity index (χ3n) is 3.97. The highest BCUT2D eigenvalue weighted by Crippen LogP contribution is 2.28. The Labute approximate surface area is 129 Å². The monoisotopic (exact) mass is 332 g/mol. The van der Waals surface area contributed by atoms with Crippen LogP contribution < -0.4 is 0 Å². The van der Waals surface area contributed by atoms with Crippen LogP contribution in [0, 0.1) is 6.92 Å². The second kappa shape index (κ2) is 6.55.